The molecule has 0 atom stereocenters. The fraction of sp³-hybridized carbons (Fsp3) is 0.333. The van der Waals surface area contributed by atoms with Crippen molar-refractivity contribution >= 4 is 26.6 Å². The Kier molecular flexibility index (Phi) is 3.71. The number of aromatic amines is 1. The molecule has 2 aromatic rings. The molecule has 6 nitrogen and oxygen atoms in total. The Morgan fingerprint density at radius 2 is 2.16 bits per heavy atom. The lowest BCUT2D eigenvalue weighted by Gasteiger charge is -1.98. The number of sulfone groups is 1. The van der Waals surface area contributed by atoms with E-state index in [1.54, 1.807) is 18.2 Å². The smallest absolute Gasteiger partial charge is 0.226 e. The zero-order valence-corrected chi connectivity index (χ0v) is 11.1. The summed E-state index contributed by atoms with van der Waals surface area (Å²) in [6.45, 7) is 0. The Morgan fingerprint density at radius 3 is 2.89 bits per heavy atom. The number of aromatic nitrogens is 2. The molecule has 0 saturated heterocycles. The first kappa shape index (κ1) is 13.4. The second-order valence-corrected chi connectivity index (χ2v) is 6.28. The first-order valence-corrected chi connectivity index (χ1v) is 7.53. The molecular formula is C12H14N4O2S. The average Bonchev–Trinajstić information content (AvgIpc) is 2.78. The van der Waals surface area contributed by atoms with Gasteiger partial charge in [-0.1, -0.05) is 0 Å². The van der Waals surface area contributed by atoms with Gasteiger partial charge in [0.1, 0.15) is 0 Å². The molecule has 2 rings (SSSR count). The van der Waals surface area contributed by atoms with Crippen LogP contribution in [-0.2, 0) is 9.84 Å². The molecule has 0 aliphatic rings. The summed E-state index contributed by atoms with van der Waals surface area (Å²) in [5.74, 6) is -0.00994. The molecule has 0 bridgehead atoms. The van der Waals surface area contributed by atoms with E-state index >= 15 is 0 Å². The number of rotatable bonds is 5. The van der Waals surface area contributed by atoms with Crippen LogP contribution in [0.3, 0.4) is 0 Å². The Bertz CT molecular complexity index is 728. The highest BCUT2D eigenvalue weighted by Gasteiger charge is 2.18. The number of anilines is 1. The summed E-state index contributed by atoms with van der Waals surface area (Å²) >= 11 is 0. The van der Waals surface area contributed by atoms with Crippen molar-refractivity contribution < 1.29 is 8.42 Å². The monoisotopic (exact) mass is 278 g/mol. The minimum absolute atomic E-state index is 0.00994. The number of nitrogens with zero attached hydrogens (tertiary/aromatic N) is 2. The maximum Gasteiger partial charge on any atom is 0.226 e. The predicted molar refractivity (Wildman–Crippen MR) is 72.0 cm³/mol. The van der Waals surface area contributed by atoms with Crippen LogP contribution in [0.15, 0.2) is 23.4 Å². The Hall–Kier alpha value is -2.07. The SMILES string of the molecule is N#CCCCCS(=O)(=O)c1nc2ccc(N)cc2[nH]1. The van der Waals surface area contributed by atoms with Crippen molar-refractivity contribution in [2.75, 3.05) is 11.5 Å². The quantitative estimate of drug-likeness (QED) is 0.637. The number of nitriles is 1. The van der Waals surface area contributed by atoms with E-state index in [0.29, 0.717) is 36.0 Å². The summed E-state index contributed by atoms with van der Waals surface area (Å²) < 4.78 is 24.1. The fourth-order valence-electron chi connectivity index (χ4n) is 1.74. The van der Waals surface area contributed by atoms with Crippen molar-refractivity contribution in [2.45, 2.75) is 24.4 Å². The van der Waals surface area contributed by atoms with Gasteiger partial charge in [0.2, 0.25) is 15.0 Å². The van der Waals surface area contributed by atoms with Gasteiger partial charge in [0.05, 0.1) is 22.9 Å². The van der Waals surface area contributed by atoms with E-state index in [9.17, 15) is 8.42 Å². The summed E-state index contributed by atoms with van der Waals surface area (Å²) in [6.07, 6.45) is 1.39. The Labute approximate surface area is 111 Å². The predicted octanol–water partition coefficient (Wildman–Crippen LogP) is 1.61. The van der Waals surface area contributed by atoms with Crippen molar-refractivity contribution in [1.29, 1.82) is 5.26 Å². The van der Waals surface area contributed by atoms with Gasteiger partial charge in [-0.15, -0.1) is 0 Å². The third kappa shape index (κ3) is 3.03. The minimum atomic E-state index is -3.43. The zero-order valence-electron chi connectivity index (χ0n) is 10.3. The second kappa shape index (κ2) is 5.28. The van der Waals surface area contributed by atoms with Gasteiger partial charge in [0.15, 0.2) is 0 Å². The van der Waals surface area contributed by atoms with Crippen LogP contribution in [0.1, 0.15) is 19.3 Å². The first-order valence-electron chi connectivity index (χ1n) is 5.88. The zero-order chi connectivity index (χ0) is 13.9. The van der Waals surface area contributed by atoms with Crippen LogP contribution in [0.5, 0.6) is 0 Å². The van der Waals surface area contributed by atoms with Crippen molar-refractivity contribution in [1.82, 2.24) is 9.97 Å². The molecule has 1 heterocycles. The van der Waals surface area contributed by atoms with Crippen molar-refractivity contribution in [2.24, 2.45) is 0 Å². The van der Waals surface area contributed by atoms with Gasteiger partial charge in [0, 0.05) is 12.1 Å². The van der Waals surface area contributed by atoms with Gasteiger partial charge in [-0.25, -0.2) is 13.4 Å². The lowest BCUT2D eigenvalue weighted by atomic mass is 10.3. The fourth-order valence-corrected chi connectivity index (χ4v) is 3.02. The number of H-pyrrole nitrogens is 1. The van der Waals surface area contributed by atoms with Crippen LogP contribution in [0, 0.1) is 11.3 Å². The summed E-state index contributed by atoms with van der Waals surface area (Å²) in [6, 6.07) is 6.99. The van der Waals surface area contributed by atoms with E-state index < -0.39 is 9.84 Å². The minimum Gasteiger partial charge on any atom is -0.399 e. The Balaban J connectivity index is 2.21. The van der Waals surface area contributed by atoms with Gasteiger partial charge >= 0.3 is 0 Å². The van der Waals surface area contributed by atoms with E-state index in [1.807, 2.05) is 6.07 Å². The molecule has 0 unspecified atom stereocenters. The molecule has 100 valence electrons. The molecule has 0 fully saturated rings. The number of unbranched alkanes of at least 4 members (excludes halogenated alkanes) is 2. The maximum absolute atomic E-state index is 12.0. The average molecular weight is 278 g/mol. The van der Waals surface area contributed by atoms with Crippen molar-refractivity contribution in [3.8, 4) is 6.07 Å². The van der Waals surface area contributed by atoms with E-state index in [1.165, 1.54) is 0 Å². The molecule has 0 saturated carbocycles. The van der Waals surface area contributed by atoms with E-state index in [4.69, 9.17) is 11.0 Å². The standard InChI is InChI=1S/C12H14N4O2S/c13-6-2-1-3-7-19(17,18)12-15-10-5-4-9(14)8-11(10)16-12/h4-5,8H,1-3,7,14H2,(H,15,16). The molecule has 7 heteroatoms. The lowest BCUT2D eigenvalue weighted by molar-refractivity contribution is 0.585. The molecule has 19 heavy (non-hydrogen) atoms. The number of hydrogen-bond donors (Lipinski definition) is 2. The second-order valence-electron chi connectivity index (χ2n) is 4.25. The third-order valence-electron chi connectivity index (χ3n) is 2.73. The molecule has 1 aromatic carbocycles. The molecule has 0 aliphatic heterocycles. The summed E-state index contributed by atoms with van der Waals surface area (Å²) in [5.41, 5.74) is 7.36. The van der Waals surface area contributed by atoms with Crippen LogP contribution >= 0.6 is 0 Å². The van der Waals surface area contributed by atoms with Gasteiger partial charge in [-0.05, 0) is 31.0 Å². The number of nitrogen functional groups attached to an aromatic ring is 1. The molecule has 0 amide bonds. The van der Waals surface area contributed by atoms with Gasteiger partial charge < -0.3 is 10.7 Å². The highest BCUT2D eigenvalue weighted by molar-refractivity contribution is 7.91. The van der Waals surface area contributed by atoms with Crippen molar-refractivity contribution in [3.05, 3.63) is 18.2 Å². The molecule has 0 radical (unpaired) electrons. The van der Waals surface area contributed by atoms with Gasteiger partial charge in [0.25, 0.3) is 0 Å². The first-order chi connectivity index (χ1) is 9.03. The highest BCUT2D eigenvalue weighted by atomic mass is 32.2. The summed E-state index contributed by atoms with van der Waals surface area (Å²) in [4.78, 5) is 6.83. The molecular weight excluding hydrogens is 264 g/mol. The summed E-state index contributed by atoms with van der Waals surface area (Å²) in [7, 11) is -3.43. The largest absolute Gasteiger partial charge is 0.399 e. The normalized spacial score (nSPS) is 11.5. The number of imidazole rings is 1. The van der Waals surface area contributed by atoms with Gasteiger partial charge in [-0.3, -0.25) is 0 Å². The van der Waals surface area contributed by atoms with Crippen LogP contribution in [-0.4, -0.2) is 24.1 Å². The number of nitrogens with two attached hydrogens (primary N) is 1. The maximum atomic E-state index is 12.0. The molecule has 0 spiro atoms. The van der Waals surface area contributed by atoms with Gasteiger partial charge in [-0.2, -0.15) is 5.26 Å². The number of hydrogen-bond acceptors (Lipinski definition) is 5. The van der Waals surface area contributed by atoms with Crippen LogP contribution in [0.4, 0.5) is 5.69 Å². The number of nitrogens with one attached hydrogen (secondary N) is 1. The highest BCUT2D eigenvalue weighted by Crippen LogP contribution is 2.18. The van der Waals surface area contributed by atoms with Crippen molar-refractivity contribution in [3.63, 3.8) is 0 Å². The molecule has 3 N–H and O–H groups in total. The number of fused-ring (bicyclic) bond motifs is 1. The van der Waals surface area contributed by atoms with E-state index in [-0.39, 0.29) is 10.9 Å². The van der Waals surface area contributed by atoms with Crippen LogP contribution < -0.4 is 5.73 Å². The lowest BCUT2D eigenvalue weighted by Crippen LogP contribution is -2.08. The summed E-state index contributed by atoms with van der Waals surface area (Å²) in [5, 5.41) is 8.37. The molecule has 1 aromatic heterocycles. The van der Waals surface area contributed by atoms with Crippen LogP contribution in [0.2, 0.25) is 0 Å². The van der Waals surface area contributed by atoms with E-state index in [2.05, 4.69) is 9.97 Å². The molecule has 0 aliphatic carbocycles. The van der Waals surface area contributed by atoms with E-state index in [0.717, 1.165) is 0 Å². The topological polar surface area (TPSA) is 113 Å². The Morgan fingerprint density at radius 1 is 1.37 bits per heavy atom. The third-order valence-corrected chi connectivity index (χ3v) is 4.34. The van der Waals surface area contributed by atoms with Crippen LogP contribution in [0.25, 0.3) is 11.0 Å². The number of benzene rings is 1.